The van der Waals surface area contributed by atoms with Crippen molar-refractivity contribution >= 4 is 28.9 Å². The van der Waals surface area contributed by atoms with Crippen LogP contribution in [0.25, 0.3) is 10.4 Å². The number of thiophene rings is 1. The normalized spacial score (nSPS) is 10.5. The summed E-state index contributed by atoms with van der Waals surface area (Å²) in [4.78, 5) is 25.7. The topological polar surface area (TPSA) is 81.4 Å². The van der Waals surface area contributed by atoms with Crippen LogP contribution in [0.2, 0.25) is 0 Å². The van der Waals surface area contributed by atoms with Gasteiger partial charge in [-0.05, 0) is 25.5 Å². The second-order valence-corrected chi connectivity index (χ2v) is 6.28. The molecule has 6 nitrogen and oxygen atoms in total. The van der Waals surface area contributed by atoms with Gasteiger partial charge in [-0.3, -0.25) is 4.79 Å². The summed E-state index contributed by atoms with van der Waals surface area (Å²) in [6, 6.07) is 12.9. The lowest BCUT2D eigenvalue weighted by atomic mass is 10.2. The molecule has 3 aromatic rings. The molecule has 0 radical (unpaired) electrons. The molecule has 0 fully saturated rings. The lowest BCUT2D eigenvalue weighted by Gasteiger charge is -2.04. The number of hydrogen-bond acceptors (Lipinski definition) is 6. The van der Waals surface area contributed by atoms with Gasteiger partial charge in [0.05, 0.1) is 18.0 Å². The third kappa shape index (κ3) is 3.77. The number of nitrogens with one attached hydrogen (secondary N) is 1. The lowest BCUT2D eigenvalue weighted by Crippen LogP contribution is -2.13. The van der Waals surface area contributed by atoms with Crippen LogP contribution < -0.4 is 5.32 Å². The zero-order valence-corrected chi connectivity index (χ0v) is 14.6. The summed E-state index contributed by atoms with van der Waals surface area (Å²) in [5, 5.41) is 6.40. The van der Waals surface area contributed by atoms with Crippen molar-refractivity contribution in [3.8, 4) is 10.4 Å². The molecular formula is C18H16N2O4S. The zero-order chi connectivity index (χ0) is 17.8. The average molecular weight is 356 g/mol. The molecule has 1 N–H and O–H groups in total. The maximum absolute atomic E-state index is 12.3. The van der Waals surface area contributed by atoms with E-state index in [-0.39, 0.29) is 12.4 Å². The third-order valence-electron chi connectivity index (χ3n) is 3.35. The SMILES string of the molecule is CCOC(=O)c1sc(-c2ccccc2)cc1NC(=O)c1cc(C)no1. The van der Waals surface area contributed by atoms with E-state index in [1.165, 1.54) is 17.4 Å². The highest BCUT2D eigenvalue weighted by Gasteiger charge is 2.21. The highest BCUT2D eigenvalue weighted by molar-refractivity contribution is 7.18. The fourth-order valence-corrected chi connectivity index (χ4v) is 3.24. The predicted octanol–water partition coefficient (Wildman–Crippen LogP) is 4.14. The summed E-state index contributed by atoms with van der Waals surface area (Å²) in [6.07, 6.45) is 0. The lowest BCUT2D eigenvalue weighted by molar-refractivity contribution is 0.0533. The van der Waals surface area contributed by atoms with Gasteiger partial charge in [0.2, 0.25) is 5.76 Å². The number of aromatic nitrogens is 1. The summed E-state index contributed by atoms with van der Waals surface area (Å²) in [5.74, 6) is -0.859. The third-order valence-corrected chi connectivity index (χ3v) is 4.52. The Bertz CT molecular complexity index is 899. The van der Waals surface area contributed by atoms with Gasteiger partial charge in [0.1, 0.15) is 4.88 Å². The molecule has 0 aliphatic heterocycles. The Morgan fingerprint density at radius 3 is 2.64 bits per heavy atom. The molecule has 7 heteroatoms. The first-order chi connectivity index (χ1) is 12.1. The van der Waals surface area contributed by atoms with Gasteiger partial charge < -0.3 is 14.6 Å². The molecule has 0 unspecified atom stereocenters. The highest BCUT2D eigenvalue weighted by Crippen LogP contribution is 2.35. The molecule has 3 rings (SSSR count). The van der Waals surface area contributed by atoms with E-state index in [0.717, 1.165) is 10.4 Å². The van der Waals surface area contributed by atoms with Crippen LogP contribution in [0.3, 0.4) is 0 Å². The molecule has 2 heterocycles. The first-order valence-electron chi connectivity index (χ1n) is 7.69. The van der Waals surface area contributed by atoms with Crippen LogP contribution in [0, 0.1) is 6.92 Å². The Morgan fingerprint density at radius 1 is 1.24 bits per heavy atom. The minimum absolute atomic E-state index is 0.0831. The quantitative estimate of drug-likeness (QED) is 0.695. The minimum Gasteiger partial charge on any atom is -0.462 e. The number of ether oxygens (including phenoxy) is 1. The highest BCUT2D eigenvalue weighted by atomic mass is 32.1. The van der Waals surface area contributed by atoms with Crippen molar-refractivity contribution in [3.05, 3.63) is 58.8 Å². The molecular weight excluding hydrogens is 340 g/mol. The number of amides is 1. The smallest absolute Gasteiger partial charge is 0.350 e. The number of aryl methyl sites for hydroxylation is 1. The van der Waals surface area contributed by atoms with Gasteiger partial charge in [-0.25, -0.2) is 4.79 Å². The van der Waals surface area contributed by atoms with Crippen LogP contribution in [-0.2, 0) is 4.74 Å². The number of carbonyl (C=O) groups excluding carboxylic acids is 2. The second-order valence-electron chi connectivity index (χ2n) is 5.23. The van der Waals surface area contributed by atoms with Crippen LogP contribution in [-0.4, -0.2) is 23.6 Å². The fraction of sp³-hybridized carbons (Fsp3) is 0.167. The van der Waals surface area contributed by atoms with Crippen molar-refractivity contribution in [1.29, 1.82) is 0 Å². The van der Waals surface area contributed by atoms with Crippen LogP contribution in [0.5, 0.6) is 0 Å². The number of esters is 1. The molecule has 1 amide bonds. The Hall–Kier alpha value is -2.93. The fourth-order valence-electron chi connectivity index (χ4n) is 2.23. The minimum atomic E-state index is -0.473. The van der Waals surface area contributed by atoms with E-state index in [9.17, 15) is 9.59 Å². The number of benzene rings is 1. The van der Waals surface area contributed by atoms with Crippen molar-refractivity contribution in [3.63, 3.8) is 0 Å². The van der Waals surface area contributed by atoms with Gasteiger partial charge in [0.25, 0.3) is 5.91 Å². The van der Waals surface area contributed by atoms with Crippen LogP contribution in [0.4, 0.5) is 5.69 Å². The summed E-state index contributed by atoms with van der Waals surface area (Å²) in [7, 11) is 0. The molecule has 0 aliphatic rings. The molecule has 128 valence electrons. The first-order valence-corrected chi connectivity index (χ1v) is 8.51. The molecule has 0 atom stereocenters. The summed E-state index contributed by atoms with van der Waals surface area (Å²) >= 11 is 1.27. The maximum Gasteiger partial charge on any atom is 0.350 e. The Morgan fingerprint density at radius 2 is 2.00 bits per heavy atom. The predicted molar refractivity (Wildman–Crippen MR) is 94.9 cm³/mol. The number of hydrogen-bond donors (Lipinski definition) is 1. The molecule has 0 bridgehead atoms. The van der Waals surface area contributed by atoms with Gasteiger partial charge >= 0.3 is 5.97 Å². The standard InChI is InChI=1S/C18H16N2O4S/c1-3-23-18(22)16-13(19-17(21)14-9-11(2)20-24-14)10-15(25-16)12-7-5-4-6-8-12/h4-10H,3H2,1-2H3,(H,19,21). The van der Waals surface area contributed by atoms with Gasteiger partial charge in [0, 0.05) is 10.9 Å². The molecule has 0 aliphatic carbocycles. The first kappa shape index (κ1) is 16.9. The van der Waals surface area contributed by atoms with E-state index in [2.05, 4.69) is 10.5 Å². The van der Waals surface area contributed by atoms with E-state index in [0.29, 0.717) is 16.3 Å². The maximum atomic E-state index is 12.3. The summed E-state index contributed by atoms with van der Waals surface area (Å²) < 4.78 is 10.1. The molecule has 0 spiro atoms. The van der Waals surface area contributed by atoms with E-state index < -0.39 is 11.9 Å². The van der Waals surface area contributed by atoms with E-state index in [1.54, 1.807) is 19.9 Å². The molecule has 2 aromatic heterocycles. The summed E-state index contributed by atoms with van der Waals surface area (Å²) in [5.41, 5.74) is 1.95. The summed E-state index contributed by atoms with van der Waals surface area (Å²) in [6.45, 7) is 3.72. The van der Waals surface area contributed by atoms with Crippen molar-refractivity contribution in [2.24, 2.45) is 0 Å². The van der Waals surface area contributed by atoms with Gasteiger partial charge in [0.15, 0.2) is 0 Å². The van der Waals surface area contributed by atoms with Gasteiger partial charge in [-0.1, -0.05) is 35.5 Å². The van der Waals surface area contributed by atoms with E-state index in [4.69, 9.17) is 9.26 Å². The average Bonchev–Trinajstić information content (AvgIpc) is 3.22. The van der Waals surface area contributed by atoms with Crippen molar-refractivity contribution in [1.82, 2.24) is 5.16 Å². The van der Waals surface area contributed by atoms with Crippen molar-refractivity contribution in [2.45, 2.75) is 13.8 Å². The zero-order valence-electron chi connectivity index (χ0n) is 13.7. The van der Waals surface area contributed by atoms with E-state index >= 15 is 0 Å². The Balaban J connectivity index is 1.94. The van der Waals surface area contributed by atoms with Crippen molar-refractivity contribution < 1.29 is 18.8 Å². The Labute approximate surface area is 148 Å². The van der Waals surface area contributed by atoms with Crippen LogP contribution >= 0.6 is 11.3 Å². The van der Waals surface area contributed by atoms with Gasteiger partial charge in [-0.15, -0.1) is 11.3 Å². The Kier molecular flexibility index (Phi) is 4.95. The monoisotopic (exact) mass is 356 g/mol. The second kappa shape index (κ2) is 7.31. The largest absolute Gasteiger partial charge is 0.462 e. The molecule has 1 aromatic carbocycles. The molecule has 25 heavy (non-hydrogen) atoms. The number of nitrogens with zero attached hydrogens (tertiary/aromatic N) is 1. The molecule has 0 saturated carbocycles. The number of rotatable bonds is 5. The number of anilines is 1. The van der Waals surface area contributed by atoms with Crippen LogP contribution in [0.15, 0.2) is 47.0 Å². The van der Waals surface area contributed by atoms with Gasteiger partial charge in [-0.2, -0.15) is 0 Å². The van der Waals surface area contributed by atoms with E-state index in [1.807, 2.05) is 30.3 Å². The number of carbonyl (C=O) groups is 2. The van der Waals surface area contributed by atoms with Crippen LogP contribution in [0.1, 0.15) is 32.8 Å². The van der Waals surface area contributed by atoms with Crippen molar-refractivity contribution in [2.75, 3.05) is 11.9 Å². The molecule has 0 saturated heterocycles.